The molecule has 0 aromatic heterocycles. The minimum atomic E-state index is 1.23. The Morgan fingerprint density at radius 2 is 1.64 bits per heavy atom. The largest absolute Gasteiger partial charge is 0.0847 e. The van der Waals surface area contributed by atoms with Crippen molar-refractivity contribution in [2.75, 3.05) is 0 Å². The molecule has 0 aliphatic rings. The molecule has 0 aliphatic carbocycles. The van der Waals surface area contributed by atoms with Gasteiger partial charge in [-0.15, -0.1) is 0 Å². The van der Waals surface area contributed by atoms with Gasteiger partial charge in [0, 0.05) is 0 Å². The molecular formula is C22H20. The standard InChI is InChI=1S/C22H20/c1-3-17(2)14-15-18-8-6-11-20(16-18)22-13-7-10-19-9-4-5-12-21(19)22/h3-16H,1-2H3/b15-14+,17-3+. The van der Waals surface area contributed by atoms with Crippen molar-refractivity contribution in [1.82, 2.24) is 0 Å². The fourth-order valence-electron chi connectivity index (χ4n) is 2.61. The average molecular weight is 284 g/mol. The van der Waals surface area contributed by atoms with Gasteiger partial charge in [0.1, 0.15) is 0 Å². The van der Waals surface area contributed by atoms with Crippen LogP contribution >= 0.6 is 0 Å². The van der Waals surface area contributed by atoms with Crippen LogP contribution in [0.15, 0.2) is 84.5 Å². The fraction of sp³-hybridized carbons (Fsp3) is 0.0909. The highest BCUT2D eigenvalue weighted by Crippen LogP contribution is 2.29. The zero-order valence-electron chi connectivity index (χ0n) is 13.1. The van der Waals surface area contributed by atoms with Crippen molar-refractivity contribution in [2.24, 2.45) is 0 Å². The molecule has 0 saturated carbocycles. The maximum Gasteiger partial charge on any atom is -0.0105 e. The summed E-state index contributed by atoms with van der Waals surface area (Å²) in [6, 6.07) is 23.7. The summed E-state index contributed by atoms with van der Waals surface area (Å²) in [7, 11) is 0. The summed E-state index contributed by atoms with van der Waals surface area (Å²) in [5, 5.41) is 2.58. The van der Waals surface area contributed by atoms with Gasteiger partial charge >= 0.3 is 0 Å². The van der Waals surface area contributed by atoms with Gasteiger partial charge in [0.05, 0.1) is 0 Å². The summed E-state index contributed by atoms with van der Waals surface area (Å²) >= 11 is 0. The molecule has 0 amide bonds. The Hall–Kier alpha value is -2.60. The normalized spacial score (nSPS) is 12.2. The van der Waals surface area contributed by atoms with Crippen molar-refractivity contribution in [3.63, 3.8) is 0 Å². The number of rotatable bonds is 3. The van der Waals surface area contributed by atoms with E-state index in [2.05, 4.69) is 98.8 Å². The van der Waals surface area contributed by atoms with E-state index in [-0.39, 0.29) is 0 Å². The van der Waals surface area contributed by atoms with Crippen LogP contribution in [0.3, 0.4) is 0 Å². The van der Waals surface area contributed by atoms with E-state index >= 15 is 0 Å². The van der Waals surface area contributed by atoms with Gasteiger partial charge in [-0.1, -0.05) is 84.5 Å². The second-order valence-electron chi connectivity index (χ2n) is 5.52. The molecule has 0 bridgehead atoms. The molecule has 22 heavy (non-hydrogen) atoms. The molecule has 3 aromatic rings. The molecule has 0 fully saturated rings. The molecule has 0 heterocycles. The van der Waals surface area contributed by atoms with E-state index < -0.39 is 0 Å². The first-order chi connectivity index (χ1) is 10.8. The molecule has 0 heteroatoms. The van der Waals surface area contributed by atoms with E-state index in [4.69, 9.17) is 0 Å². The van der Waals surface area contributed by atoms with Crippen LogP contribution in [0.5, 0.6) is 0 Å². The monoisotopic (exact) mass is 284 g/mol. The lowest BCUT2D eigenvalue weighted by molar-refractivity contribution is 1.48. The lowest BCUT2D eigenvalue weighted by Crippen LogP contribution is -1.82. The van der Waals surface area contributed by atoms with E-state index in [9.17, 15) is 0 Å². The van der Waals surface area contributed by atoms with Crippen LogP contribution in [0.2, 0.25) is 0 Å². The van der Waals surface area contributed by atoms with Crippen molar-refractivity contribution in [3.05, 3.63) is 90.0 Å². The minimum absolute atomic E-state index is 1.23. The first kappa shape index (κ1) is 14.3. The minimum Gasteiger partial charge on any atom is -0.0847 e. The molecule has 0 radical (unpaired) electrons. The van der Waals surface area contributed by atoms with E-state index in [1.807, 2.05) is 0 Å². The fourth-order valence-corrected chi connectivity index (χ4v) is 2.61. The van der Waals surface area contributed by atoms with Crippen molar-refractivity contribution in [1.29, 1.82) is 0 Å². The van der Waals surface area contributed by atoms with Crippen molar-refractivity contribution in [3.8, 4) is 11.1 Å². The summed E-state index contributed by atoms with van der Waals surface area (Å²) < 4.78 is 0. The van der Waals surface area contributed by atoms with Crippen molar-refractivity contribution in [2.45, 2.75) is 13.8 Å². The molecule has 0 nitrogen and oxygen atoms in total. The third-order valence-electron chi connectivity index (χ3n) is 3.98. The number of benzene rings is 3. The van der Waals surface area contributed by atoms with Gasteiger partial charge in [-0.2, -0.15) is 0 Å². The van der Waals surface area contributed by atoms with Crippen LogP contribution in [0.4, 0.5) is 0 Å². The SMILES string of the molecule is C/C=C(C)/C=C/c1cccc(-c2cccc3ccccc23)c1. The lowest BCUT2D eigenvalue weighted by Gasteiger charge is -2.07. The maximum absolute atomic E-state index is 2.25. The van der Waals surface area contributed by atoms with Crippen molar-refractivity contribution < 1.29 is 0 Å². The van der Waals surface area contributed by atoms with Crippen molar-refractivity contribution >= 4 is 16.8 Å². The van der Waals surface area contributed by atoms with Gasteiger partial charge in [0.2, 0.25) is 0 Å². The molecule has 0 saturated heterocycles. The first-order valence-corrected chi connectivity index (χ1v) is 7.67. The van der Waals surface area contributed by atoms with E-state index in [0.29, 0.717) is 0 Å². The van der Waals surface area contributed by atoms with Crippen LogP contribution in [0, 0.1) is 0 Å². The molecule has 108 valence electrons. The molecular weight excluding hydrogens is 264 g/mol. The van der Waals surface area contributed by atoms with Crippen LogP contribution < -0.4 is 0 Å². The number of fused-ring (bicyclic) bond motifs is 1. The Bertz CT molecular complexity index is 845. The second kappa shape index (κ2) is 6.44. The van der Waals surface area contributed by atoms with E-state index in [1.165, 1.54) is 33.0 Å². The number of allylic oxidation sites excluding steroid dienone is 3. The van der Waals surface area contributed by atoms with Gasteiger partial charge < -0.3 is 0 Å². The molecule has 0 aliphatic heterocycles. The summed E-state index contributed by atoms with van der Waals surface area (Å²) in [4.78, 5) is 0. The maximum atomic E-state index is 2.25. The highest BCUT2D eigenvalue weighted by atomic mass is 14.1. The van der Waals surface area contributed by atoms with E-state index in [0.717, 1.165) is 0 Å². The van der Waals surface area contributed by atoms with Crippen LogP contribution in [0.1, 0.15) is 19.4 Å². The molecule has 0 spiro atoms. The van der Waals surface area contributed by atoms with Gasteiger partial charge in [-0.3, -0.25) is 0 Å². The smallest absolute Gasteiger partial charge is 0.0105 e. The first-order valence-electron chi connectivity index (χ1n) is 7.67. The molecule has 0 N–H and O–H groups in total. The van der Waals surface area contributed by atoms with Crippen LogP contribution in [-0.4, -0.2) is 0 Å². The highest BCUT2D eigenvalue weighted by Gasteiger charge is 2.03. The molecule has 0 atom stereocenters. The highest BCUT2D eigenvalue weighted by molar-refractivity contribution is 5.96. The lowest BCUT2D eigenvalue weighted by atomic mass is 9.97. The molecule has 0 unspecified atom stereocenters. The van der Waals surface area contributed by atoms with Crippen LogP contribution in [-0.2, 0) is 0 Å². The predicted octanol–water partition coefficient (Wildman–Crippen LogP) is 6.49. The van der Waals surface area contributed by atoms with Gasteiger partial charge in [0.25, 0.3) is 0 Å². The quantitative estimate of drug-likeness (QED) is 0.482. The third kappa shape index (κ3) is 3.01. The summed E-state index contributed by atoms with van der Waals surface area (Å²) in [6.07, 6.45) is 6.44. The van der Waals surface area contributed by atoms with Gasteiger partial charge in [0.15, 0.2) is 0 Å². The predicted molar refractivity (Wildman–Crippen MR) is 97.8 cm³/mol. The van der Waals surface area contributed by atoms with Gasteiger partial charge in [-0.05, 0) is 47.4 Å². The number of hydrogen-bond acceptors (Lipinski definition) is 0. The number of hydrogen-bond donors (Lipinski definition) is 0. The summed E-state index contributed by atoms with van der Waals surface area (Å²) in [5.41, 5.74) is 5.05. The summed E-state index contributed by atoms with van der Waals surface area (Å²) in [6.45, 7) is 4.18. The summed E-state index contributed by atoms with van der Waals surface area (Å²) in [5.74, 6) is 0. The Kier molecular flexibility index (Phi) is 4.20. The Morgan fingerprint density at radius 3 is 2.50 bits per heavy atom. The third-order valence-corrected chi connectivity index (χ3v) is 3.98. The topological polar surface area (TPSA) is 0 Å². The zero-order valence-corrected chi connectivity index (χ0v) is 13.1. The Labute approximate surface area is 132 Å². The Morgan fingerprint density at radius 1 is 0.864 bits per heavy atom. The molecule has 3 rings (SSSR count). The van der Waals surface area contributed by atoms with Crippen LogP contribution in [0.25, 0.3) is 28.0 Å². The molecule has 3 aromatic carbocycles. The average Bonchev–Trinajstić information content (AvgIpc) is 2.59. The Balaban J connectivity index is 2.06. The van der Waals surface area contributed by atoms with E-state index in [1.54, 1.807) is 0 Å². The zero-order chi connectivity index (χ0) is 15.4. The van der Waals surface area contributed by atoms with Gasteiger partial charge in [-0.25, -0.2) is 0 Å². The second-order valence-corrected chi connectivity index (χ2v) is 5.52.